The summed E-state index contributed by atoms with van der Waals surface area (Å²) in [4.78, 5) is 23.2. The van der Waals surface area contributed by atoms with Crippen LogP contribution < -0.4 is 0 Å². The first-order valence-corrected chi connectivity index (χ1v) is 6.46. The third kappa shape index (κ3) is 3.29. The van der Waals surface area contributed by atoms with Crippen molar-refractivity contribution in [3.63, 3.8) is 0 Å². The lowest BCUT2D eigenvalue weighted by Gasteiger charge is -2.21. The van der Waals surface area contributed by atoms with Crippen LogP contribution in [0.25, 0.3) is 0 Å². The molecule has 0 aromatic heterocycles. The molecule has 4 nitrogen and oxygen atoms in total. The lowest BCUT2D eigenvalue weighted by atomic mass is 10.1. The second kappa shape index (κ2) is 6.61. The summed E-state index contributed by atoms with van der Waals surface area (Å²) in [5.41, 5.74) is 1.75. The van der Waals surface area contributed by atoms with Gasteiger partial charge in [0.25, 0.3) is 0 Å². The topological polar surface area (TPSA) is 49.7 Å². The summed E-state index contributed by atoms with van der Waals surface area (Å²) in [5.74, 6) is -0.303. The molecule has 20 heavy (non-hydrogen) atoms. The van der Waals surface area contributed by atoms with Gasteiger partial charge in [-0.2, -0.15) is 5.01 Å². The highest BCUT2D eigenvalue weighted by molar-refractivity contribution is 5.78. The van der Waals surface area contributed by atoms with E-state index in [1.54, 1.807) is 6.92 Å². The second-order valence-electron chi connectivity index (χ2n) is 4.57. The van der Waals surface area contributed by atoms with E-state index in [1.807, 2.05) is 60.7 Å². The Balaban J connectivity index is 2.12. The molecule has 2 aromatic carbocycles. The number of hydrogen-bond acceptors (Lipinski definition) is 3. The molecule has 0 aliphatic carbocycles. The predicted molar refractivity (Wildman–Crippen MR) is 77.6 cm³/mol. The maximum absolute atomic E-state index is 12.2. The van der Waals surface area contributed by atoms with Crippen molar-refractivity contribution in [2.24, 2.45) is 5.29 Å². The van der Waals surface area contributed by atoms with Gasteiger partial charge in [0.05, 0.1) is 17.7 Å². The zero-order chi connectivity index (χ0) is 14.4. The van der Waals surface area contributed by atoms with Gasteiger partial charge in [-0.1, -0.05) is 60.7 Å². The third-order valence-corrected chi connectivity index (χ3v) is 3.19. The number of benzene rings is 2. The van der Waals surface area contributed by atoms with Crippen LogP contribution in [0.5, 0.6) is 0 Å². The predicted octanol–water partition coefficient (Wildman–Crippen LogP) is 3.50. The first-order chi connectivity index (χ1) is 9.72. The van der Waals surface area contributed by atoms with Crippen molar-refractivity contribution in [3.8, 4) is 0 Å². The van der Waals surface area contributed by atoms with Crippen LogP contribution in [0.15, 0.2) is 65.9 Å². The molecule has 0 fully saturated rings. The van der Waals surface area contributed by atoms with Crippen molar-refractivity contribution in [1.82, 2.24) is 5.01 Å². The largest absolute Gasteiger partial charge is 0.272 e. The van der Waals surface area contributed by atoms with E-state index in [0.29, 0.717) is 0 Å². The van der Waals surface area contributed by atoms with Gasteiger partial charge in [0.1, 0.15) is 0 Å². The summed E-state index contributed by atoms with van der Waals surface area (Å²) in [5, 5.41) is 3.90. The van der Waals surface area contributed by atoms with E-state index in [1.165, 1.54) is 0 Å². The molecule has 1 atom stereocenters. The van der Waals surface area contributed by atoms with Gasteiger partial charge in [-0.05, 0) is 18.1 Å². The zero-order valence-corrected chi connectivity index (χ0v) is 11.3. The van der Waals surface area contributed by atoms with Crippen LogP contribution in [0.2, 0.25) is 0 Å². The van der Waals surface area contributed by atoms with Crippen molar-refractivity contribution in [2.75, 3.05) is 0 Å². The van der Waals surface area contributed by atoms with Gasteiger partial charge in [0.2, 0.25) is 5.91 Å². The molecule has 0 N–H and O–H groups in total. The molecule has 1 amide bonds. The monoisotopic (exact) mass is 268 g/mol. The summed E-state index contributed by atoms with van der Waals surface area (Å²) in [6.45, 7) is 1.79. The number of nitroso groups, excluding NO2 is 1. The smallest absolute Gasteiger partial charge is 0.250 e. The highest BCUT2D eigenvalue weighted by Crippen LogP contribution is 2.21. The number of hydrogen-bond donors (Lipinski definition) is 0. The van der Waals surface area contributed by atoms with Crippen LogP contribution in [0.4, 0.5) is 0 Å². The van der Waals surface area contributed by atoms with E-state index in [0.717, 1.165) is 16.1 Å². The van der Waals surface area contributed by atoms with Crippen LogP contribution in [-0.4, -0.2) is 10.9 Å². The first-order valence-electron chi connectivity index (χ1n) is 6.46. The SMILES string of the molecule is CC(c1ccccc1)N(N=O)C(=O)Cc1ccccc1. The molecule has 102 valence electrons. The molecule has 0 heterocycles. The molecule has 0 radical (unpaired) electrons. The van der Waals surface area contributed by atoms with Crippen LogP contribution in [0, 0.1) is 4.91 Å². The molecular formula is C16H16N2O2. The number of carbonyl (C=O) groups excluding carboxylic acids is 1. The van der Waals surface area contributed by atoms with Gasteiger partial charge in [-0.25, -0.2) is 0 Å². The summed E-state index contributed by atoms with van der Waals surface area (Å²) < 4.78 is 0. The zero-order valence-electron chi connectivity index (χ0n) is 11.3. The van der Waals surface area contributed by atoms with E-state index < -0.39 is 0 Å². The Bertz CT molecular complexity index is 570. The Kier molecular flexibility index (Phi) is 4.60. The van der Waals surface area contributed by atoms with Gasteiger partial charge in [-0.15, -0.1) is 4.91 Å². The lowest BCUT2D eigenvalue weighted by Crippen LogP contribution is -2.29. The quantitative estimate of drug-likeness (QED) is 0.615. The van der Waals surface area contributed by atoms with Crippen LogP contribution in [-0.2, 0) is 11.2 Å². The summed E-state index contributed by atoms with van der Waals surface area (Å²) in [6, 6.07) is 18.3. The highest BCUT2D eigenvalue weighted by Gasteiger charge is 2.22. The summed E-state index contributed by atoms with van der Waals surface area (Å²) in [7, 11) is 0. The van der Waals surface area contributed by atoms with Crippen LogP contribution >= 0.6 is 0 Å². The Morgan fingerprint density at radius 1 is 1.05 bits per heavy atom. The van der Waals surface area contributed by atoms with Crippen molar-refractivity contribution >= 4 is 5.91 Å². The van der Waals surface area contributed by atoms with Crippen LogP contribution in [0.3, 0.4) is 0 Å². The van der Waals surface area contributed by atoms with E-state index in [9.17, 15) is 9.70 Å². The number of rotatable bonds is 5. The molecule has 0 aliphatic heterocycles. The van der Waals surface area contributed by atoms with Crippen molar-refractivity contribution in [3.05, 3.63) is 76.7 Å². The van der Waals surface area contributed by atoms with Gasteiger partial charge in [-0.3, -0.25) is 4.79 Å². The lowest BCUT2D eigenvalue weighted by molar-refractivity contribution is -0.132. The molecule has 0 saturated carbocycles. The first kappa shape index (κ1) is 13.9. The maximum atomic E-state index is 12.2. The Morgan fingerprint density at radius 2 is 1.60 bits per heavy atom. The number of amides is 1. The van der Waals surface area contributed by atoms with Gasteiger partial charge < -0.3 is 0 Å². The summed E-state index contributed by atoms with van der Waals surface area (Å²) >= 11 is 0. The molecule has 2 aromatic rings. The molecular weight excluding hydrogens is 252 g/mol. The molecule has 0 bridgehead atoms. The Labute approximate surface area is 118 Å². The maximum Gasteiger partial charge on any atom is 0.250 e. The molecule has 2 rings (SSSR count). The molecule has 0 aliphatic rings. The standard InChI is InChI=1S/C16H16N2O2/c1-13(15-10-6-3-7-11-15)18(17-20)16(19)12-14-8-4-2-5-9-14/h2-11,13H,12H2,1H3. The minimum Gasteiger partial charge on any atom is -0.272 e. The normalized spacial score (nSPS) is 11.7. The van der Waals surface area contributed by atoms with Crippen molar-refractivity contribution < 1.29 is 4.79 Å². The van der Waals surface area contributed by atoms with Crippen molar-refractivity contribution in [1.29, 1.82) is 0 Å². The molecule has 4 heteroatoms. The Hall–Kier alpha value is -2.49. The van der Waals surface area contributed by atoms with E-state index in [4.69, 9.17) is 0 Å². The fourth-order valence-electron chi connectivity index (χ4n) is 2.06. The highest BCUT2D eigenvalue weighted by atomic mass is 16.3. The molecule has 1 unspecified atom stereocenters. The average molecular weight is 268 g/mol. The van der Waals surface area contributed by atoms with Gasteiger partial charge in [0, 0.05) is 0 Å². The van der Waals surface area contributed by atoms with E-state index in [-0.39, 0.29) is 18.4 Å². The second-order valence-corrected chi connectivity index (χ2v) is 4.57. The average Bonchev–Trinajstić information content (AvgIpc) is 2.49. The fourth-order valence-corrected chi connectivity index (χ4v) is 2.06. The third-order valence-electron chi connectivity index (χ3n) is 3.19. The van der Waals surface area contributed by atoms with E-state index >= 15 is 0 Å². The minimum atomic E-state index is -0.370. The Morgan fingerprint density at radius 3 is 2.15 bits per heavy atom. The minimum absolute atomic E-state index is 0.170. The fraction of sp³-hybridized carbons (Fsp3) is 0.188. The van der Waals surface area contributed by atoms with Gasteiger partial charge in [0.15, 0.2) is 0 Å². The molecule has 0 spiro atoms. The number of carbonyl (C=O) groups is 1. The van der Waals surface area contributed by atoms with Crippen LogP contribution in [0.1, 0.15) is 24.1 Å². The van der Waals surface area contributed by atoms with E-state index in [2.05, 4.69) is 5.29 Å². The van der Waals surface area contributed by atoms with Crippen molar-refractivity contribution in [2.45, 2.75) is 19.4 Å². The number of nitrogens with zero attached hydrogens (tertiary/aromatic N) is 2. The van der Waals surface area contributed by atoms with Gasteiger partial charge >= 0.3 is 0 Å². The molecule has 0 saturated heterocycles. The summed E-state index contributed by atoms with van der Waals surface area (Å²) in [6.07, 6.45) is 0.170.